The molecule has 0 N–H and O–H groups in total. The van der Waals surface area contributed by atoms with Gasteiger partial charge in [-0.25, -0.2) is 0 Å². The van der Waals surface area contributed by atoms with Crippen molar-refractivity contribution in [3.8, 4) is 0 Å². The van der Waals surface area contributed by atoms with Gasteiger partial charge in [0.1, 0.15) is 0 Å². The molecular formula is C10H17Br. The number of allylic oxidation sites excluding steroid dienone is 1. The summed E-state index contributed by atoms with van der Waals surface area (Å²) in [4.78, 5) is 0. The Hall–Kier alpha value is 0.220. The third kappa shape index (κ3) is 2.98. The second-order valence-corrected chi connectivity index (χ2v) is 5.19. The third-order valence-corrected chi connectivity index (χ3v) is 2.96. The number of rotatable bonds is 2. The van der Waals surface area contributed by atoms with Crippen molar-refractivity contribution in [3.05, 3.63) is 11.1 Å². The highest BCUT2D eigenvalue weighted by molar-refractivity contribution is 9.11. The summed E-state index contributed by atoms with van der Waals surface area (Å²) in [6.45, 7) is 6.30. The molecule has 0 aliphatic heterocycles. The summed E-state index contributed by atoms with van der Waals surface area (Å²) in [5.41, 5.74) is 0.554. The standard InChI is InChI=1S/C10H17Br/c1-9(11)8-10(2)6-4-3-5-7-10/h1,3-8H2,2H3. The monoisotopic (exact) mass is 216 g/mol. The van der Waals surface area contributed by atoms with Crippen LogP contribution in [0.1, 0.15) is 45.4 Å². The van der Waals surface area contributed by atoms with E-state index < -0.39 is 0 Å². The lowest BCUT2D eigenvalue weighted by Crippen LogP contribution is -2.19. The highest BCUT2D eigenvalue weighted by Gasteiger charge is 2.26. The fraction of sp³-hybridized carbons (Fsp3) is 0.800. The van der Waals surface area contributed by atoms with Gasteiger partial charge in [0.15, 0.2) is 0 Å². The van der Waals surface area contributed by atoms with E-state index in [-0.39, 0.29) is 0 Å². The average molecular weight is 217 g/mol. The minimum atomic E-state index is 0.554. The van der Waals surface area contributed by atoms with Gasteiger partial charge in [0.05, 0.1) is 0 Å². The smallest absolute Gasteiger partial charge is 0.0116 e. The fourth-order valence-electron chi connectivity index (χ4n) is 2.05. The quantitative estimate of drug-likeness (QED) is 0.648. The van der Waals surface area contributed by atoms with Crippen LogP contribution in [0.5, 0.6) is 0 Å². The summed E-state index contributed by atoms with van der Waals surface area (Å²) in [6.07, 6.45) is 8.19. The van der Waals surface area contributed by atoms with Crippen molar-refractivity contribution in [2.45, 2.75) is 45.4 Å². The summed E-state index contributed by atoms with van der Waals surface area (Å²) >= 11 is 3.45. The number of hydrogen-bond acceptors (Lipinski definition) is 0. The van der Waals surface area contributed by atoms with Crippen LogP contribution in [-0.2, 0) is 0 Å². The predicted molar refractivity (Wildman–Crippen MR) is 53.9 cm³/mol. The molecule has 0 aromatic rings. The second kappa shape index (κ2) is 3.75. The molecule has 0 aromatic carbocycles. The molecule has 0 amide bonds. The van der Waals surface area contributed by atoms with E-state index in [1.165, 1.54) is 36.6 Å². The Bertz CT molecular complexity index is 143. The second-order valence-electron chi connectivity index (χ2n) is 4.07. The highest BCUT2D eigenvalue weighted by atomic mass is 79.9. The maximum Gasteiger partial charge on any atom is -0.0116 e. The van der Waals surface area contributed by atoms with Gasteiger partial charge in [0.2, 0.25) is 0 Å². The molecule has 1 aliphatic carbocycles. The van der Waals surface area contributed by atoms with Crippen LogP contribution in [0.25, 0.3) is 0 Å². The topological polar surface area (TPSA) is 0 Å². The lowest BCUT2D eigenvalue weighted by Gasteiger charge is -2.33. The molecule has 0 atom stereocenters. The summed E-state index contributed by atoms with van der Waals surface area (Å²) in [7, 11) is 0. The summed E-state index contributed by atoms with van der Waals surface area (Å²) in [6, 6.07) is 0. The molecule has 1 heteroatoms. The van der Waals surface area contributed by atoms with Crippen LogP contribution in [0.15, 0.2) is 11.1 Å². The molecule has 0 aromatic heterocycles. The Morgan fingerprint density at radius 2 is 1.91 bits per heavy atom. The van der Waals surface area contributed by atoms with Crippen LogP contribution < -0.4 is 0 Å². The van der Waals surface area contributed by atoms with E-state index in [0.717, 1.165) is 6.42 Å². The van der Waals surface area contributed by atoms with E-state index in [4.69, 9.17) is 0 Å². The molecule has 0 nitrogen and oxygen atoms in total. The van der Waals surface area contributed by atoms with E-state index >= 15 is 0 Å². The largest absolute Gasteiger partial charge is 0.0888 e. The first-order chi connectivity index (χ1) is 5.12. The SMILES string of the molecule is C=C(Br)CC1(C)CCCCC1. The molecule has 11 heavy (non-hydrogen) atoms. The molecule has 1 rings (SSSR count). The first-order valence-corrected chi connectivity index (χ1v) is 5.25. The maximum atomic E-state index is 3.91. The molecule has 0 unspecified atom stereocenters. The Morgan fingerprint density at radius 1 is 1.36 bits per heavy atom. The van der Waals surface area contributed by atoms with Gasteiger partial charge in [-0.3, -0.25) is 0 Å². The molecule has 1 aliphatic rings. The molecular weight excluding hydrogens is 200 g/mol. The van der Waals surface area contributed by atoms with Gasteiger partial charge >= 0.3 is 0 Å². The maximum absolute atomic E-state index is 3.91. The summed E-state index contributed by atoms with van der Waals surface area (Å²) < 4.78 is 1.17. The van der Waals surface area contributed by atoms with Crippen LogP contribution in [0, 0.1) is 5.41 Å². The van der Waals surface area contributed by atoms with Gasteiger partial charge in [0.25, 0.3) is 0 Å². The Balaban J connectivity index is 2.43. The minimum absolute atomic E-state index is 0.554. The zero-order valence-corrected chi connectivity index (χ0v) is 8.91. The van der Waals surface area contributed by atoms with E-state index in [1.807, 2.05) is 0 Å². The van der Waals surface area contributed by atoms with Gasteiger partial charge in [-0.15, -0.1) is 0 Å². The van der Waals surface area contributed by atoms with Crippen molar-refractivity contribution in [1.82, 2.24) is 0 Å². The van der Waals surface area contributed by atoms with Gasteiger partial charge in [-0.05, 0) is 29.2 Å². The molecule has 0 radical (unpaired) electrons. The fourth-order valence-corrected chi connectivity index (χ4v) is 2.72. The molecule has 64 valence electrons. The first kappa shape index (κ1) is 9.31. The Morgan fingerprint density at radius 3 is 2.36 bits per heavy atom. The zero-order chi connectivity index (χ0) is 8.32. The third-order valence-electron chi connectivity index (χ3n) is 2.68. The van der Waals surface area contributed by atoms with Crippen molar-refractivity contribution < 1.29 is 0 Å². The van der Waals surface area contributed by atoms with Crippen LogP contribution in [0.3, 0.4) is 0 Å². The van der Waals surface area contributed by atoms with Gasteiger partial charge in [-0.2, -0.15) is 0 Å². The van der Waals surface area contributed by atoms with E-state index in [9.17, 15) is 0 Å². The van der Waals surface area contributed by atoms with Gasteiger partial charge < -0.3 is 0 Å². The molecule has 0 saturated heterocycles. The van der Waals surface area contributed by atoms with Gasteiger partial charge in [0, 0.05) is 0 Å². The van der Waals surface area contributed by atoms with Crippen LogP contribution in [0.4, 0.5) is 0 Å². The minimum Gasteiger partial charge on any atom is -0.0888 e. The van der Waals surface area contributed by atoms with E-state index in [1.54, 1.807) is 0 Å². The lowest BCUT2D eigenvalue weighted by atomic mass is 9.73. The Labute approximate surface area is 78.2 Å². The van der Waals surface area contributed by atoms with Crippen molar-refractivity contribution in [1.29, 1.82) is 0 Å². The van der Waals surface area contributed by atoms with E-state index in [0.29, 0.717) is 5.41 Å². The predicted octanol–water partition coefficient (Wildman–Crippen LogP) is 4.26. The number of hydrogen-bond donors (Lipinski definition) is 0. The van der Waals surface area contributed by atoms with E-state index in [2.05, 4.69) is 29.4 Å². The van der Waals surface area contributed by atoms with Crippen LogP contribution in [0.2, 0.25) is 0 Å². The molecule has 0 heterocycles. The normalized spacial score (nSPS) is 23.1. The number of halogens is 1. The van der Waals surface area contributed by atoms with Crippen molar-refractivity contribution in [3.63, 3.8) is 0 Å². The molecule has 0 bridgehead atoms. The lowest BCUT2D eigenvalue weighted by molar-refractivity contribution is 0.218. The van der Waals surface area contributed by atoms with Crippen LogP contribution >= 0.6 is 15.9 Å². The molecule has 0 spiro atoms. The van der Waals surface area contributed by atoms with Gasteiger partial charge in [-0.1, -0.05) is 48.7 Å². The summed E-state index contributed by atoms with van der Waals surface area (Å²) in [5, 5.41) is 0. The average Bonchev–Trinajstić information content (AvgIpc) is 1.85. The Kier molecular flexibility index (Phi) is 3.17. The summed E-state index contributed by atoms with van der Waals surface area (Å²) in [5.74, 6) is 0. The highest BCUT2D eigenvalue weighted by Crippen LogP contribution is 2.41. The van der Waals surface area contributed by atoms with Crippen molar-refractivity contribution in [2.24, 2.45) is 5.41 Å². The van der Waals surface area contributed by atoms with Crippen molar-refractivity contribution in [2.75, 3.05) is 0 Å². The molecule has 1 saturated carbocycles. The molecule has 1 fully saturated rings. The van der Waals surface area contributed by atoms with Crippen LogP contribution in [-0.4, -0.2) is 0 Å². The zero-order valence-electron chi connectivity index (χ0n) is 7.33. The first-order valence-electron chi connectivity index (χ1n) is 4.46. The van der Waals surface area contributed by atoms with Crippen molar-refractivity contribution >= 4 is 15.9 Å².